The second kappa shape index (κ2) is 6.91. The molecule has 0 saturated carbocycles. The van der Waals surface area contributed by atoms with E-state index in [1.165, 1.54) is 19.3 Å². The van der Waals surface area contributed by atoms with E-state index in [1.807, 2.05) is 4.90 Å². The van der Waals surface area contributed by atoms with Crippen molar-refractivity contribution in [2.45, 2.75) is 57.9 Å². The molecule has 0 unspecified atom stereocenters. The average molecular weight is 291 g/mol. The fraction of sp³-hybridized carbons (Fsp3) is 0.800. The molecule has 3 rings (SSSR count). The molecule has 2 amide bonds. The summed E-state index contributed by atoms with van der Waals surface area (Å²) >= 11 is 0. The van der Waals surface area contributed by atoms with E-state index in [1.54, 1.807) is 0 Å². The summed E-state index contributed by atoms with van der Waals surface area (Å²) in [4.78, 5) is 14.2. The molecule has 0 bridgehead atoms. The normalized spacial score (nSPS) is 19.0. The molecule has 0 atom stereocenters. The number of carbonyl (C=O) groups is 1. The highest BCUT2D eigenvalue weighted by Crippen LogP contribution is 2.14. The van der Waals surface area contributed by atoms with Crippen molar-refractivity contribution in [2.75, 3.05) is 19.6 Å². The predicted octanol–water partition coefficient (Wildman–Crippen LogP) is 1.74. The third-order valence-corrected chi connectivity index (χ3v) is 4.45. The number of fused-ring (bicyclic) bond motifs is 1. The van der Waals surface area contributed by atoms with Gasteiger partial charge in [-0.2, -0.15) is 0 Å². The number of rotatable bonds is 3. The van der Waals surface area contributed by atoms with E-state index in [-0.39, 0.29) is 6.03 Å². The number of hydrogen-bond donors (Lipinski definition) is 1. The third-order valence-electron chi connectivity index (χ3n) is 4.45. The summed E-state index contributed by atoms with van der Waals surface area (Å²) in [6.45, 7) is 3.46. The van der Waals surface area contributed by atoms with E-state index >= 15 is 0 Å². The summed E-state index contributed by atoms with van der Waals surface area (Å²) in [5.41, 5.74) is 0. The van der Waals surface area contributed by atoms with Crippen LogP contribution in [0, 0.1) is 0 Å². The van der Waals surface area contributed by atoms with Crippen LogP contribution in [0.1, 0.15) is 50.2 Å². The Morgan fingerprint density at radius 3 is 2.57 bits per heavy atom. The largest absolute Gasteiger partial charge is 0.338 e. The zero-order valence-electron chi connectivity index (χ0n) is 12.7. The Morgan fingerprint density at radius 2 is 1.76 bits per heavy atom. The minimum atomic E-state index is 0.0815. The maximum Gasteiger partial charge on any atom is 0.317 e. The van der Waals surface area contributed by atoms with E-state index in [2.05, 4.69) is 20.1 Å². The van der Waals surface area contributed by atoms with Gasteiger partial charge in [-0.1, -0.05) is 19.3 Å². The highest BCUT2D eigenvalue weighted by molar-refractivity contribution is 5.74. The van der Waals surface area contributed by atoms with Gasteiger partial charge in [-0.25, -0.2) is 4.79 Å². The number of nitrogens with one attached hydrogen (secondary N) is 1. The van der Waals surface area contributed by atoms with Crippen LogP contribution in [0.4, 0.5) is 4.79 Å². The van der Waals surface area contributed by atoms with Gasteiger partial charge in [-0.05, 0) is 19.3 Å². The molecular formula is C15H25N5O. The van der Waals surface area contributed by atoms with Gasteiger partial charge in [0.1, 0.15) is 11.6 Å². The van der Waals surface area contributed by atoms with Gasteiger partial charge in [0.05, 0.1) is 0 Å². The zero-order valence-corrected chi connectivity index (χ0v) is 12.7. The van der Waals surface area contributed by atoms with Gasteiger partial charge in [0, 0.05) is 39.0 Å². The molecule has 1 aromatic rings. The van der Waals surface area contributed by atoms with Crippen molar-refractivity contribution in [2.24, 2.45) is 0 Å². The van der Waals surface area contributed by atoms with Gasteiger partial charge < -0.3 is 14.8 Å². The lowest BCUT2D eigenvalue weighted by Crippen LogP contribution is -2.42. The van der Waals surface area contributed by atoms with Crippen molar-refractivity contribution < 1.29 is 4.79 Å². The van der Waals surface area contributed by atoms with Crippen LogP contribution in [-0.2, 0) is 19.4 Å². The first-order valence-electron chi connectivity index (χ1n) is 8.28. The van der Waals surface area contributed by atoms with Gasteiger partial charge in [0.25, 0.3) is 0 Å². The van der Waals surface area contributed by atoms with Crippen LogP contribution < -0.4 is 5.32 Å². The van der Waals surface area contributed by atoms with Crippen molar-refractivity contribution in [1.82, 2.24) is 25.0 Å². The number of likely N-dealkylation sites (tertiary alicyclic amines) is 1. The molecule has 3 heterocycles. The molecular weight excluding hydrogens is 266 g/mol. The smallest absolute Gasteiger partial charge is 0.317 e. The number of amides is 2. The molecule has 0 aliphatic carbocycles. The minimum Gasteiger partial charge on any atom is -0.338 e. The summed E-state index contributed by atoms with van der Waals surface area (Å²) in [6, 6.07) is 0.0815. The van der Waals surface area contributed by atoms with E-state index in [9.17, 15) is 4.79 Å². The summed E-state index contributed by atoms with van der Waals surface area (Å²) in [5.74, 6) is 2.11. The van der Waals surface area contributed by atoms with Crippen LogP contribution in [0.15, 0.2) is 0 Å². The van der Waals surface area contributed by atoms with Crippen LogP contribution in [-0.4, -0.2) is 45.3 Å². The van der Waals surface area contributed by atoms with Gasteiger partial charge >= 0.3 is 6.03 Å². The molecule has 1 N–H and O–H groups in total. The number of carbonyl (C=O) groups excluding carboxylic acids is 1. The standard InChI is InChI=1S/C15H25N5O/c21-15(19-10-4-2-1-3-5-11-19)16-9-8-14-18-17-13-7-6-12-20(13)14/h1-12H2,(H,16,21). The Bertz CT molecular complexity index is 476. The van der Waals surface area contributed by atoms with Crippen molar-refractivity contribution in [3.05, 3.63) is 11.6 Å². The van der Waals surface area contributed by atoms with E-state index in [0.29, 0.717) is 6.54 Å². The fourth-order valence-electron chi connectivity index (χ4n) is 3.24. The first-order chi connectivity index (χ1) is 10.3. The molecule has 6 heteroatoms. The summed E-state index contributed by atoms with van der Waals surface area (Å²) in [6.07, 6.45) is 9.03. The fourth-order valence-corrected chi connectivity index (χ4v) is 3.24. The lowest BCUT2D eigenvalue weighted by atomic mass is 10.1. The summed E-state index contributed by atoms with van der Waals surface area (Å²) < 4.78 is 2.20. The Balaban J connectivity index is 1.44. The van der Waals surface area contributed by atoms with Gasteiger partial charge in [-0.3, -0.25) is 0 Å². The molecule has 116 valence electrons. The first-order valence-corrected chi connectivity index (χ1v) is 8.28. The second-order valence-electron chi connectivity index (χ2n) is 6.02. The number of nitrogens with zero attached hydrogens (tertiary/aromatic N) is 4. The predicted molar refractivity (Wildman–Crippen MR) is 80.1 cm³/mol. The zero-order chi connectivity index (χ0) is 14.5. The van der Waals surface area contributed by atoms with Crippen molar-refractivity contribution in [1.29, 1.82) is 0 Å². The van der Waals surface area contributed by atoms with Gasteiger partial charge in [0.15, 0.2) is 0 Å². The van der Waals surface area contributed by atoms with E-state index < -0.39 is 0 Å². The van der Waals surface area contributed by atoms with Gasteiger partial charge in [0.2, 0.25) is 0 Å². The van der Waals surface area contributed by atoms with Crippen LogP contribution in [0.2, 0.25) is 0 Å². The van der Waals surface area contributed by atoms with Crippen LogP contribution in [0.5, 0.6) is 0 Å². The van der Waals surface area contributed by atoms with Crippen LogP contribution >= 0.6 is 0 Å². The number of urea groups is 1. The summed E-state index contributed by atoms with van der Waals surface area (Å²) in [7, 11) is 0. The van der Waals surface area contributed by atoms with E-state index in [4.69, 9.17) is 0 Å². The first kappa shape index (κ1) is 14.4. The Labute approximate surface area is 125 Å². The Hall–Kier alpha value is -1.59. The quantitative estimate of drug-likeness (QED) is 0.922. The maximum absolute atomic E-state index is 12.2. The lowest BCUT2D eigenvalue weighted by molar-refractivity contribution is 0.192. The van der Waals surface area contributed by atoms with Crippen LogP contribution in [0.3, 0.4) is 0 Å². The second-order valence-corrected chi connectivity index (χ2v) is 6.02. The average Bonchev–Trinajstić information content (AvgIpc) is 3.02. The number of aryl methyl sites for hydroxylation is 1. The number of aromatic nitrogens is 3. The molecule has 0 spiro atoms. The lowest BCUT2D eigenvalue weighted by Gasteiger charge is -2.25. The summed E-state index contributed by atoms with van der Waals surface area (Å²) in [5, 5.41) is 11.5. The molecule has 2 aliphatic rings. The van der Waals surface area contributed by atoms with E-state index in [0.717, 1.165) is 63.4 Å². The highest BCUT2D eigenvalue weighted by Gasteiger charge is 2.18. The molecule has 6 nitrogen and oxygen atoms in total. The highest BCUT2D eigenvalue weighted by atomic mass is 16.2. The molecule has 1 aromatic heterocycles. The molecule has 0 radical (unpaired) electrons. The molecule has 0 aromatic carbocycles. The topological polar surface area (TPSA) is 63.1 Å². The minimum absolute atomic E-state index is 0.0815. The molecule has 2 aliphatic heterocycles. The maximum atomic E-state index is 12.2. The number of hydrogen-bond acceptors (Lipinski definition) is 3. The van der Waals surface area contributed by atoms with Gasteiger partial charge in [-0.15, -0.1) is 10.2 Å². The van der Waals surface area contributed by atoms with Crippen molar-refractivity contribution in [3.63, 3.8) is 0 Å². The Morgan fingerprint density at radius 1 is 1.00 bits per heavy atom. The van der Waals surface area contributed by atoms with Crippen LogP contribution in [0.25, 0.3) is 0 Å². The molecule has 1 saturated heterocycles. The third kappa shape index (κ3) is 3.54. The molecule has 1 fully saturated rings. The monoisotopic (exact) mass is 291 g/mol. The van der Waals surface area contributed by atoms with Crippen molar-refractivity contribution >= 4 is 6.03 Å². The van der Waals surface area contributed by atoms with Crippen molar-refractivity contribution in [3.8, 4) is 0 Å². The molecule has 21 heavy (non-hydrogen) atoms. The SMILES string of the molecule is O=C(NCCc1nnc2n1CCC2)N1CCCCCCC1. The Kier molecular flexibility index (Phi) is 4.72.